The Morgan fingerprint density at radius 1 is 0.762 bits per heavy atom. The Labute approximate surface area is 124 Å². The second-order valence-electron chi connectivity index (χ2n) is 5.02. The molecule has 0 heterocycles. The fourth-order valence-corrected chi connectivity index (χ4v) is 2.26. The molecule has 0 fully saturated rings. The Bertz CT molecular complexity index is 733. The maximum atomic E-state index is 5.90. The van der Waals surface area contributed by atoms with Crippen LogP contribution in [0.5, 0.6) is 11.5 Å². The zero-order valence-corrected chi connectivity index (χ0v) is 11.9. The van der Waals surface area contributed by atoms with Crippen molar-refractivity contribution < 1.29 is 4.74 Å². The van der Waals surface area contributed by atoms with Crippen molar-refractivity contribution in [3.63, 3.8) is 0 Å². The summed E-state index contributed by atoms with van der Waals surface area (Å²) in [6.07, 6.45) is 0. The summed E-state index contributed by atoms with van der Waals surface area (Å²) >= 11 is 0. The number of ether oxygens (including phenoxy) is 1. The highest BCUT2D eigenvalue weighted by Crippen LogP contribution is 2.28. The van der Waals surface area contributed by atoms with E-state index in [9.17, 15) is 0 Å². The fraction of sp³-hybridized carbons (Fsp3) is 0.0526. The monoisotopic (exact) mass is 275 g/mol. The highest BCUT2D eigenvalue weighted by molar-refractivity contribution is 5.64. The van der Waals surface area contributed by atoms with Gasteiger partial charge in [0.25, 0.3) is 0 Å². The molecule has 0 unspecified atom stereocenters. The van der Waals surface area contributed by atoms with Crippen LogP contribution in [0.4, 0.5) is 5.69 Å². The van der Waals surface area contributed by atoms with Crippen LogP contribution in [0.3, 0.4) is 0 Å². The first-order valence-electron chi connectivity index (χ1n) is 6.92. The molecule has 0 aromatic heterocycles. The Balaban J connectivity index is 1.81. The zero-order valence-electron chi connectivity index (χ0n) is 11.9. The zero-order chi connectivity index (χ0) is 14.7. The third-order valence-electron chi connectivity index (χ3n) is 3.39. The molecule has 0 bridgehead atoms. The molecule has 3 rings (SSSR count). The lowest BCUT2D eigenvalue weighted by atomic mass is 10.1. The molecule has 2 heteroatoms. The van der Waals surface area contributed by atoms with Crippen LogP contribution in [0.1, 0.15) is 5.56 Å². The highest BCUT2D eigenvalue weighted by Gasteiger charge is 2.03. The topological polar surface area (TPSA) is 35.2 Å². The first-order valence-corrected chi connectivity index (χ1v) is 6.92. The molecular formula is C19H17NO. The van der Waals surface area contributed by atoms with Gasteiger partial charge < -0.3 is 10.5 Å². The fourth-order valence-electron chi connectivity index (χ4n) is 2.26. The highest BCUT2D eigenvalue weighted by atomic mass is 16.5. The van der Waals surface area contributed by atoms with Gasteiger partial charge in [0.15, 0.2) is 0 Å². The molecule has 2 N–H and O–H groups in total. The normalized spacial score (nSPS) is 10.3. The minimum Gasteiger partial charge on any atom is -0.457 e. The lowest BCUT2D eigenvalue weighted by molar-refractivity contribution is 0.479. The molecule has 3 aromatic carbocycles. The maximum Gasteiger partial charge on any atom is 0.130 e. The van der Waals surface area contributed by atoms with E-state index in [1.807, 2.05) is 55.5 Å². The Kier molecular flexibility index (Phi) is 3.61. The van der Waals surface area contributed by atoms with Gasteiger partial charge in [0.2, 0.25) is 0 Å². The number of nitrogens with two attached hydrogens (primary N) is 1. The Morgan fingerprint density at radius 3 is 2.10 bits per heavy atom. The number of benzene rings is 3. The molecule has 0 spiro atoms. The quantitative estimate of drug-likeness (QED) is 0.680. The van der Waals surface area contributed by atoms with Crippen LogP contribution >= 0.6 is 0 Å². The molecular weight excluding hydrogens is 258 g/mol. The summed E-state index contributed by atoms with van der Waals surface area (Å²) in [7, 11) is 0. The van der Waals surface area contributed by atoms with E-state index in [0.29, 0.717) is 0 Å². The molecule has 0 saturated carbocycles. The second-order valence-corrected chi connectivity index (χ2v) is 5.02. The average Bonchev–Trinajstić information content (AvgIpc) is 2.52. The summed E-state index contributed by atoms with van der Waals surface area (Å²) in [6, 6.07) is 24.1. The van der Waals surface area contributed by atoms with Crippen LogP contribution in [-0.2, 0) is 0 Å². The molecule has 3 aromatic rings. The summed E-state index contributed by atoms with van der Waals surface area (Å²) in [5, 5.41) is 0. The molecule has 0 aliphatic rings. The van der Waals surface area contributed by atoms with Gasteiger partial charge in [0.1, 0.15) is 11.5 Å². The van der Waals surface area contributed by atoms with Gasteiger partial charge in [-0.3, -0.25) is 0 Å². The van der Waals surface area contributed by atoms with E-state index in [0.717, 1.165) is 22.7 Å². The lowest BCUT2D eigenvalue weighted by Gasteiger charge is -2.10. The third-order valence-corrected chi connectivity index (χ3v) is 3.39. The van der Waals surface area contributed by atoms with E-state index in [1.165, 1.54) is 11.1 Å². The van der Waals surface area contributed by atoms with Gasteiger partial charge in [-0.15, -0.1) is 0 Å². The van der Waals surface area contributed by atoms with E-state index in [2.05, 4.69) is 24.3 Å². The van der Waals surface area contributed by atoms with E-state index in [-0.39, 0.29) is 0 Å². The number of anilines is 1. The molecule has 0 atom stereocenters. The van der Waals surface area contributed by atoms with Crippen LogP contribution < -0.4 is 10.5 Å². The predicted molar refractivity (Wildman–Crippen MR) is 87.5 cm³/mol. The number of hydrogen-bond acceptors (Lipinski definition) is 2. The maximum absolute atomic E-state index is 5.90. The van der Waals surface area contributed by atoms with Crippen LogP contribution in [0.2, 0.25) is 0 Å². The van der Waals surface area contributed by atoms with E-state index in [1.54, 1.807) is 0 Å². The number of hydrogen-bond donors (Lipinski definition) is 1. The van der Waals surface area contributed by atoms with Crippen molar-refractivity contribution >= 4 is 5.69 Å². The van der Waals surface area contributed by atoms with Gasteiger partial charge in [-0.2, -0.15) is 0 Å². The largest absolute Gasteiger partial charge is 0.457 e. The van der Waals surface area contributed by atoms with Gasteiger partial charge in [-0.05, 0) is 53.9 Å². The molecule has 0 aliphatic heterocycles. The molecule has 2 nitrogen and oxygen atoms in total. The van der Waals surface area contributed by atoms with Crippen molar-refractivity contribution in [3.05, 3.63) is 78.4 Å². The van der Waals surface area contributed by atoms with Crippen molar-refractivity contribution in [2.24, 2.45) is 0 Å². The molecule has 104 valence electrons. The van der Waals surface area contributed by atoms with Crippen LogP contribution in [0, 0.1) is 6.92 Å². The summed E-state index contributed by atoms with van der Waals surface area (Å²) in [6.45, 7) is 1.99. The standard InChI is InChI=1S/C19H17NO/c1-14-13-17(20)9-12-19(14)21-18-10-7-16(8-11-18)15-5-3-2-4-6-15/h2-13H,20H2,1H3. The van der Waals surface area contributed by atoms with Crippen molar-refractivity contribution in [1.29, 1.82) is 0 Å². The minimum absolute atomic E-state index is 0.749. The lowest BCUT2D eigenvalue weighted by Crippen LogP contribution is -1.90. The summed E-state index contributed by atoms with van der Waals surface area (Å²) in [5.41, 5.74) is 9.91. The van der Waals surface area contributed by atoms with Crippen molar-refractivity contribution in [2.75, 3.05) is 5.73 Å². The molecule has 0 saturated heterocycles. The van der Waals surface area contributed by atoms with Gasteiger partial charge >= 0.3 is 0 Å². The van der Waals surface area contributed by atoms with Gasteiger partial charge in [0.05, 0.1) is 0 Å². The van der Waals surface area contributed by atoms with Gasteiger partial charge in [-0.25, -0.2) is 0 Å². The van der Waals surface area contributed by atoms with Crippen molar-refractivity contribution in [2.45, 2.75) is 6.92 Å². The van der Waals surface area contributed by atoms with Gasteiger partial charge in [0, 0.05) is 5.69 Å². The number of rotatable bonds is 3. The van der Waals surface area contributed by atoms with Crippen LogP contribution in [-0.4, -0.2) is 0 Å². The summed E-state index contributed by atoms with van der Waals surface area (Å²) in [4.78, 5) is 0. The first-order chi connectivity index (χ1) is 10.2. The minimum atomic E-state index is 0.749. The first kappa shape index (κ1) is 13.3. The third kappa shape index (κ3) is 3.06. The Morgan fingerprint density at radius 2 is 1.43 bits per heavy atom. The predicted octanol–water partition coefficient (Wildman–Crippen LogP) is 5.04. The summed E-state index contributed by atoms with van der Waals surface area (Å²) < 4.78 is 5.90. The van der Waals surface area contributed by atoms with Crippen molar-refractivity contribution in [3.8, 4) is 22.6 Å². The molecule has 0 amide bonds. The summed E-state index contributed by atoms with van der Waals surface area (Å²) in [5.74, 6) is 1.65. The second kappa shape index (κ2) is 5.71. The van der Waals surface area contributed by atoms with E-state index in [4.69, 9.17) is 10.5 Å². The van der Waals surface area contributed by atoms with E-state index >= 15 is 0 Å². The number of aryl methyl sites for hydroxylation is 1. The van der Waals surface area contributed by atoms with Crippen LogP contribution in [0.25, 0.3) is 11.1 Å². The average molecular weight is 275 g/mol. The SMILES string of the molecule is Cc1cc(N)ccc1Oc1ccc(-c2ccccc2)cc1. The number of nitrogen functional groups attached to an aromatic ring is 1. The molecule has 0 radical (unpaired) electrons. The smallest absolute Gasteiger partial charge is 0.130 e. The van der Waals surface area contributed by atoms with Gasteiger partial charge in [-0.1, -0.05) is 42.5 Å². The molecule has 21 heavy (non-hydrogen) atoms. The van der Waals surface area contributed by atoms with E-state index < -0.39 is 0 Å². The molecule has 0 aliphatic carbocycles. The van der Waals surface area contributed by atoms with Crippen LogP contribution in [0.15, 0.2) is 72.8 Å². The Hall–Kier alpha value is -2.74. The van der Waals surface area contributed by atoms with Crippen molar-refractivity contribution in [1.82, 2.24) is 0 Å².